The van der Waals surface area contributed by atoms with Crippen LogP contribution in [0.15, 0.2) is 17.8 Å². The van der Waals surface area contributed by atoms with Gasteiger partial charge in [-0.1, -0.05) is 0 Å². The van der Waals surface area contributed by atoms with Crippen LogP contribution in [0.5, 0.6) is 0 Å². The van der Waals surface area contributed by atoms with Gasteiger partial charge in [-0.15, -0.1) is 22.7 Å². The Morgan fingerprint density at radius 1 is 1.33 bits per heavy atom. The predicted octanol–water partition coefficient (Wildman–Crippen LogP) is 2.52. The van der Waals surface area contributed by atoms with Crippen LogP contribution in [0.2, 0.25) is 0 Å². The quantitative estimate of drug-likeness (QED) is 0.888. The van der Waals surface area contributed by atoms with Gasteiger partial charge in [0, 0.05) is 35.2 Å². The average molecular weight is 237 g/mol. The second-order valence-corrected chi connectivity index (χ2v) is 5.63. The molecular formula is C10H11N3S2. The molecule has 0 spiro atoms. The maximum atomic E-state index is 4.38. The van der Waals surface area contributed by atoms with Gasteiger partial charge in [0.1, 0.15) is 0 Å². The molecule has 0 unspecified atom stereocenters. The van der Waals surface area contributed by atoms with E-state index in [0.717, 1.165) is 22.6 Å². The molecule has 0 bridgehead atoms. The molecule has 1 aliphatic carbocycles. The number of hydrogen-bond donors (Lipinski definition) is 1. The molecule has 5 heteroatoms. The summed E-state index contributed by atoms with van der Waals surface area (Å²) < 4.78 is 0. The van der Waals surface area contributed by atoms with Gasteiger partial charge >= 0.3 is 0 Å². The first-order valence-electron chi connectivity index (χ1n) is 5.00. The first-order valence-corrected chi connectivity index (χ1v) is 6.69. The third kappa shape index (κ3) is 2.25. The zero-order valence-corrected chi connectivity index (χ0v) is 9.77. The van der Waals surface area contributed by atoms with Crippen LogP contribution >= 0.6 is 22.7 Å². The molecule has 0 amide bonds. The summed E-state index contributed by atoms with van der Waals surface area (Å²) in [7, 11) is 0. The van der Waals surface area contributed by atoms with E-state index < -0.39 is 0 Å². The van der Waals surface area contributed by atoms with E-state index in [1.165, 1.54) is 17.7 Å². The van der Waals surface area contributed by atoms with Crippen LogP contribution in [-0.4, -0.2) is 16.0 Å². The van der Waals surface area contributed by atoms with Gasteiger partial charge in [-0.25, -0.2) is 9.97 Å². The molecule has 1 aliphatic rings. The van der Waals surface area contributed by atoms with Gasteiger partial charge in [-0.05, 0) is 12.8 Å². The fraction of sp³-hybridized carbons (Fsp3) is 0.400. The van der Waals surface area contributed by atoms with Gasteiger partial charge < -0.3 is 5.32 Å². The van der Waals surface area contributed by atoms with E-state index in [1.54, 1.807) is 22.7 Å². The Morgan fingerprint density at radius 3 is 3.00 bits per heavy atom. The van der Waals surface area contributed by atoms with Crippen molar-refractivity contribution in [1.29, 1.82) is 0 Å². The molecule has 2 aromatic rings. The van der Waals surface area contributed by atoms with Crippen LogP contribution in [0.4, 0.5) is 0 Å². The van der Waals surface area contributed by atoms with Crippen molar-refractivity contribution in [3.05, 3.63) is 22.7 Å². The lowest BCUT2D eigenvalue weighted by molar-refractivity contribution is 0.694. The largest absolute Gasteiger partial charge is 0.309 e. The Kier molecular flexibility index (Phi) is 2.52. The SMILES string of the molecule is c1csc(-c2ncc(CNC3CC3)s2)n1. The summed E-state index contributed by atoms with van der Waals surface area (Å²) in [6.07, 6.45) is 6.44. The third-order valence-corrected chi connectivity index (χ3v) is 4.22. The number of nitrogens with zero attached hydrogens (tertiary/aromatic N) is 2. The van der Waals surface area contributed by atoms with E-state index in [-0.39, 0.29) is 0 Å². The van der Waals surface area contributed by atoms with Crippen molar-refractivity contribution in [2.75, 3.05) is 0 Å². The van der Waals surface area contributed by atoms with Crippen molar-refractivity contribution in [1.82, 2.24) is 15.3 Å². The summed E-state index contributed by atoms with van der Waals surface area (Å²) in [6.45, 7) is 0.952. The van der Waals surface area contributed by atoms with Crippen LogP contribution in [-0.2, 0) is 6.54 Å². The van der Waals surface area contributed by atoms with Gasteiger partial charge in [-0.2, -0.15) is 0 Å². The molecule has 15 heavy (non-hydrogen) atoms. The molecule has 0 aromatic carbocycles. The number of hydrogen-bond acceptors (Lipinski definition) is 5. The highest BCUT2D eigenvalue weighted by Gasteiger charge is 2.20. The normalized spacial score (nSPS) is 15.7. The Labute approximate surface area is 96.2 Å². The standard InChI is InChI=1S/C10H11N3S2/c1-2-7(1)12-5-8-6-13-10(15-8)9-11-3-4-14-9/h3-4,6-7,12H,1-2,5H2. The number of rotatable bonds is 4. The monoisotopic (exact) mass is 237 g/mol. The first-order chi connectivity index (χ1) is 7.42. The van der Waals surface area contributed by atoms with Crippen LogP contribution in [0, 0.1) is 0 Å². The first kappa shape index (κ1) is 9.45. The second kappa shape index (κ2) is 4.00. The zero-order valence-electron chi connectivity index (χ0n) is 8.14. The maximum Gasteiger partial charge on any atom is 0.152 e. The minimum Gasteiger partial charge on any atom is -0.309 e. The predicted molar refractivity (Wildman–Crippen MR) is 63.1 cm³/mol. The molecule has 0 radical (unpaired) electrons. The van der Waals surface area contributed by atoms with E-state index in [2.05, 4.69) is 15.3 Å². The van der Waals surface area contributed by atoms with E-state index in [1.807, 2.05) is 17.8 Å². The lowest BCUT2D eigenvalue weighted by atomic mass is 10.5. The highest BCUT2D eigenvalue weighted by molar-refractivity contribution is 7.20. The van der Waals surface area contributed by atoms with Crippen molar-refractivity contribution in [3.63, 3.8) is 0 Å². The smallest absolute Gasteiger partial charge is 0.152 e. The molecular weight excluding hydrogens is 226 g/mol. The Balaban J connectivity index is 1.69. The molecule has 3 rings (SSSR count). The third-order valence-electron chi connectivity index (χ3n) is 2.31. The zero-order chi connectivity index (χ0) is 10.1. The lowest BCUT2D eigenvalue weighted by Gasteiger charge is -1.96. The number of nitrogens with one attached hydrogen (secondary N) is 1. The minimum atomic E-state index is 0.760. The molecule has 78 valence electrons. The maximum absolute atomic E-state index is 4.38. The second-order valence-electron chi connectivity index (χ2n) is 3.62. The van der Waals surface area contributed by atoms with Crippen LogP contribution in [0.3, 0.4) is 0 Å². The molecule has 2 heterocycles. The number of aromatic nitrogens is 2. The van der Waals surface area contributed by atoms with Crippen molar-refractivity contribution in [3.8, 4) is 10.0 Å². The van der Waals surface area contributed by atoms with Crippen molar-refractivity contribution in [2.45, 2.75) is 25.4 Å². The lowest BCUT2D eigenvalue weighted by Crippen LogP contribution is -2.14. The Hall–Kier alpha value is -0.780. The molecule has 1 saturated carbocycles. The van der Waals surface area contributed by atoms with E-state index in [9.17, 15) is 0 Å². The van der Waals surface area contributed by atoms with Crippen molar-refractivity contribution < 1.29 is 0 Å². The van der Waals surface area contributed by atoms with Crippen molar-refractivity contribution in [2.24, 2.45) is 0 Å². The molecule has 3 nitrogen and oxygen atoms in total. The molecule has 0 atom stereocenters. The molecule has 0 saturated heterocycles. The van der Waals surface area contributed by atoms with Crippen LogP contribution in [0.1, 0.15) is 17.7 Å². The van der Waals surface area contributed by atoms with Gasteiger partial charge in [0.05, 0.1) is 0 Å². The minimum absolute atomic E-state index is 0.760. The van der Waals surface area contributed by atoms with Crippen LogP contribution < -0.4 is 5.32 Å². The molecule has 0 aliphatic heterocycles. The van der Waals surface area contributed by atoms with Gasteiger partial charge in [0.25, 0.3) is 0 Å². The summed E-state index contributed by atoms with van der Waals surface area (Å²) in [5, 5.41) is 7.53. The fourth-order valence-electron chi connectivity index (χ4n) is 1.35. The van der Waals surface area contributed by atoms with Crippen molar-refractivity contribution >= 4 is 22.7 Å². The Morgan fingerprint density at radius 2 is 2.27 bits per heavy atom. The van der Waals surface area contributed by atoms with Gasteiger partial charge in [0.15, 0.2) is 10.0 Å². The summed E-state index contributed by atoms with van der Waals surface area (Å²) in [6, 6.07) is 0.760. The fourth-order valence-corrected chi connectivity index (χ4v) is 2.90. The van der Waals surface area contributed by atoms with E-state index >= 15 is 0 Å². The Bertz CT molecular complexity index is 431. The molecule has 1 fully saturated rings. The summed E-state index contributed by atoms with van der Waals surface area (Å²) >= 11 is 3.38. The summed E-state index contributed by atoms with van der Waals surface area (Å²) in [5.74, 6) is 0. The molecule has 1 N–H and O–H groups in total. The van der Waals surface area contributed by atoms with Crippen LogP contribution in [0.25, 0.3) is 10.0 Å². The highest BCUT2D eigenvalue weighted by atomic mass is 32.1. The summed E-state index contributed by atoms with van der Waals surface area (Å²) in [5.41, 5.74) is 0. The number of thiazole rings is 2. The highest BCUT2D eigenvalue weighted by Crippen LogP contribution is 2.27. The van der Waals surface area contributed by atoms with E-state index in [0.29, 0.717) is 0 Å². The van der Waals surface area contributed by atoms with E-state index in [4.69, 9.17) is 0 Å². The summed E-state index contributed by atoms with van der Waals surface area (Å²) in [4.78, 5) is 9.94. The topological polar surface area (TPSA) is 37.8 Å². The average Bonchev–Trinajstić information content (AvgIpc) is 2.78. The van der Waals surface area contributed by atoms with Gasteiger partial charge in [0.2, 0.25) is 0 Å². The molecule has 2 aromatic heterocycles. The van der Waals surface area contributed by atoms with Gasteiger partial charge in [-0.3, -0.25) is 0 Å².